The summed E-state index contributed by atoms with van der Waals surface area (Å²) >= 11 is 0. The molecule has 0 unspecified atom stereocenters. The van der Waals surface area contributed by atoms with Crippen LogP contribution in [0, 0.1) is 0 Å². The van der Waals surface area contributed by atoms with Crippen molar-refractivity contribution < 1.29 is 0 Å². The molecule has 3 rings (SSSR count). The minimum absolute atomic E-state index is 0.320. The summed E-state index contributed by atoms with van der Waals surface area (Å²) < 4.78 is 0. The largest absolute Gasteiger partial charge is 0.293 e. The molecule has 2 aliphatic rings. The van der Waals surface area contributed by atoms with Crippen LogP contribution in [-0.4, -0.2) is 18.0 Å². The van der Waals surface area contributed by atoms with Gasteiger partial charge in [-0.05, 0) is 37.7 Å². The lowest BCUT2D eigenvalue weighted by molar-refractivity contribution is 0.00478. The molecule has 1 heterocycles. The van der Waals surface area contributed by atoms with E-state index >= 15 is 0 Å². The van der Waals surface area contributed by atoms with E-state index in [0.29, 0.717) is 5.54 Å². The molecule has 0 N–H and O–H groups in total. The van der Waals surface area contributed by atoms with Crippen molar-refractivity contribution in [2.24, 2.45) is 0 Å². The highest BCUT2D eigenvalue weighted by Gasteiger charge is 2.42. The van der Waals surface area contributed by atoms with Crippen LogP contribution in [0.25, 0.3) is 0 Å². The zero-order valence-corrected chi connectivity index (χ0v) is 10.5. The third-order valence-corrected chi connectivity index (χ3v) is 4.56. The van der Waals surface area contributed by atoms with Crippen LogP contribution in [0.1, 0.15) is 37.7 Å². The highest BCUT2D eigenvalue weighted by Crippen LogP contribution is 2.45. The molecule has 1 nitrogen and oxygen atoms in total. The summed E-state index contributed by atoms with van der Waals surface area (Å²) in [6.45, 7) is 6.72. The van der Waals surface area contributed by atoms with Gasteiger partial charge in [-0.25, -0.2) is 0 Å². The Morgan fingerprint density at radius 3 is 2.18 bits per heavy atom. The normalized spacial score (nSPS) is 24.4. The van der Waals surface area contributed by atoms with Crippen molar-refractivity contribution in [2.75, 3.05) is 13.1 Å². The molecule has 1 saturated carbocycles. The van der Waals surface area contributed by atoms with E-state index in [1.54, 1.807) is 0 Å². The summed E-state index contributed by atoms with van der Waals surface area (Å²) in [7, 11) is 0. The molecule has 17 heavy (non-hydrogen) atoms. The molecule has 2 fully saturated rings. The molecular formula is C16H21N. The molecule has 0 radical (unpaired) electrons. The molecule has 1 saturated heterocycles. The molecule has 1 aliphatic heterocycles. The molecule has 0 amide bonds. The third kappa shape index (κ3) is 1.83. The number of likely N-dealkylation sites (tertiary alicyclic amines) is 1. The first-order chi connectivity index (χ1) is 8.31. The van der Waals surface area contributed by atoms with Crippen LogP contribution < -0.4 is 0 Å². The van der Waals surface area contributed by atoms with E-state index < -0.39 is 0 Å². The predicted molar refractivity (Wildman–Crippen MR) is 71.9 cm³/mol. The first kappa shape index (κ1) is 11.0. The Hall–Kier alpha value is -1.08. The van der Waals surface area contributed by atoms with E-state index in [0.717, 1.165) is 0 Å². The van der Waals surface area contributed by atoms with Crippen LogP contribution in [0.5, 0.6) is 0 Å². The smallest absolute Gasteiger partial charge is 0.0466 e. The summed E-state index contributed by atoms with van der Waals surface area (Å²) in [6, 6.07) is 11.1. The summed E-state index contributed by atoms with van der Waals surface area (Å²) in [6.07, 6.45) is 6.29. The highest BCUT2D eigenvalue weighted by molar-refractivity contribution is 5.27. The van der Waals surface area contributed by atoms with E-state index in [1.165, 1.54) is 56.3 Å². The van der Waals surface area contributed by atoms with Crippen LogP contribution in [-0.2, 0) is 5.54 Å². The number of hydrogen-bond acceptors (Lipinski definition) is 1. The number of hydrogen-bond donors (Lipinski definition) is 0. The minimum Gasteiger partial charge on any atom is -0.293 e. The average Bonchev–Trinajstić information content (AvgIpc) is 2.31. The topological polar surface area (TPSA) is 3.24 Å². The fourth-order valence-electron chi connectivity index (χ4n) is 3.30. The maximum Gasteiger partial charge on any atom is 0.0466 e. The molecular weight excluding hydrogens is 206 g/mol. The van der Waals surface area contributed by atoms with Gasteiger partial charge in [0.15, 0.2) is 0 Å². The van der Waals surface area contributed by atoms with E-state index in [2.05, 4.69) is 41.8 Å². The maximum absolute atomic E-state index is 4.16. The van der Waals surface area contributed by atoms with Crippen molar-refractivity contribution in [3.8, 4) is 0 Å². The third-order valence-electron chi connectivity index (χ3n) is 4.56. The number of rotatable bonds is 2. The van der Waals surface area contributed by atoms with E-state index in [9.17, 15) is 0 Å². The van der Waals surface area contributed by atoms with E-state index in [1.807, 2.05) is 0 Å². The number of nitrogens with zero attached hydrogens (tertiary/aromatic N) is 1. The van der Waals surface area contributed by atoms with Crippen molar-refractivity contribution in [1.82, 2.24) is 4.90 Å². The van der Waals surface area contributed by atoms with Gasteiger partial charge in [-0.2, -0.15) is 0 Å². The van der Waals surface area contributed by atoms with Crippen LogP contribution in [0.3, 0.4) is 0 Å². The first-order valence-corrected chi connectivity index (χ1v) is 6.78. The van der Waals surface area contributed by atoms with Gasteiger partial charge in [-0.3, -0.25) is 4.90 Å². The lowest BCUT2D eigenvalue weighted by Crippen LogP contribution is -2.54. The Morgan fingerprint density at radius 1 is 1.00 bits per heavy atom. The molecule has 1 aromatic carbocycles. The van der Waals surface area contributed by atoms with Gasteiger partial charge in [0.1, 0.15) is 0 Å². The van der Waals surface area contributed by atoms with Gasteiger partial charge in [0.25, 0.3) is 0 Å². The van der Waals surface area contributed by atoms with E-state index in [-0.39, 0.29) is 0 Å². The van der Waals surface area contributed by atoms with Crippen LogP contribution in [0.2, 0.25) is 0 Å². The summed E-state index contributed by atoms with van der Waals surface area (Å²) in [4.78, 5) is 2.69. The minimum atomic E-state index is 0.320. The van der Waals surface area contributed by atoms with Gasteiger partial charge in [0.2, 0.25) is 0 Å². The van der Waals surface area contributed by atoms with Crippen molar-refractivity contribution in [3.63, 3.8) is 0 Å². The molecule has 0 bridgehead atoms. The monoisotopic (exact) mass is 227 g/mol. The van der Waals surface area contributed by atoms with Crippen LogP contribution in [0.15, 0.2) is 42.5 Å². The van der Waals surface area contributed by atoms with Crippen molar-refractivity contribution >= 4 is 0 Å². The molecule has 0 aromatic heterocycles. The lowest BCUT2D eigenvalue weighted by Gasteiger charge is -2.51. The molecule has 0 atom stereocenters. The van der Waals surface area contributed by atoms with Gasteiger partial charge in [0, 0.05) is 18.6 Å². The second-order valence-corrected chi connectivity index (χ2v) is 5.49. The Balaban J connectivity index is 1.94. The first-order valence-electron chi connectivity index (χ1n) is 6.78. The molecule has 90 valence electrons. The quantitative estimate of drug-likeness (QED) is 0.696. The highest BCUT2D eigenvalue weighted by atomic mass is 15.2. The summed E-state index contributed by atoms with van der Waals surface area (Å²) in [5.74, 6) is 0. The number of allylic oxidation sites excluding steroid dienone is 1. The van der Waals surface area contributed by atoms with Gasteiger partial charge in [0.05, 0.1) is 0 Å². The zero-order chi connectivity index (χ0) is 11.7. The van der Waals surface area contributed by atoms with E-state index in [4.69, 9.17) is 0 Å². The Morgan fingerprint density at radius 2 is 1.65 bits per heavy atom. The van der Waals surface area contributed by atoms with Gasteiger partial charge < -0.3 is 0 Å². The standard InChI is InChI=1S/C16H21N/c1-14-8-10-16(11-9-14,17-12-5-13-17)15-6-3-2-4-7-15/h2-4,6-7H,1,5,8-13H2. The summed E-state index contributed by atoms with van der Waals surface area (Å²) in [5.41, 5.74) is 3.28. The molecule has 0 spiro atoms. The SMILES string of the molecule is C=C1CCC(c2ccccc2)(N2CCC2)CC1. The number of benzene rings is 1. The average molecular weight is 227 g/mol. The second-order valence-electron chi connectivity index (χ2n) is 5.49. The fourth-order valence-corrected chi connectivity index (χ4v) is 3.30. The van der Waals surface area contributed by atoms with Crippen molar-refractivity contribution in [1.29, 1.82) is 0 Å². The van der Waals surface area contributed by atoms with Gasteiger partial charge >= 0.3 is 0 Å². The van der Waals surface area contributed by atoms with Crippen LogP contribution >= 0.6 is 0 Å². The van der Waals surface area contributed by atoms with Crippen LogP contribution in [0.4, 0.5) is 0 Å². The van der Waals surface area contributed by atoms with Crippen molar-refractivity contribution in [3.05, 3.63) is 48.0 Å². The fraction of sp³-hybridized carbons (Fsp3) is 0.500. The zero-order valence-electron chi connectivity index (χ0n) is 10.5. The molecule has 1 heteroatoms. The summed E-state index contributed by atoms with van der Waals surface area (Å²) in [5, 5.41) is 0. The van der Waals surface area contributed by atoms with Gasteiger partial charge in [-0.1, -0.05) is 42.5 Å². The lowest BCUT2D eigenvalue weighted by atomic mass is 9.73. The Kier molecular flexibility index (Phi) is 2.79. The molecule has 1 aromatic rings. The van der Waals surface area contributed by atoms with Crippen molar-refractivity contribution in [2.45, 2.75) is 37.6 Å². The maximum atomic E-state index is 4.16. The molecule has 1 aliphatic carbocycles. The predicted octanol–water partition coefficient (Wildman–Crippen LogP) is 3.72. The second kappa shape index (κ2) is 4.30. The van der Waals surface area contributed by atoms with Gasteiger partial charge in [-0.15, -0.1) is 0 Å². The Bertz CT molecular complexity index is 393. The Labute approximate surface area is 104 Å².